The first-order chi connectivity index (χ1) is 10.6. The summed E-state index contributed by atoms with van der Waals surface area (Å²) < 4.78 is 1.97. The topological polar surface area (TPSA) is 57.8 Å². The first kappa shape index (κ1) is 14.2. The summed E-state index contributed by atoms with van der Waals surface area (Å²) in [5.41, 5.74) is 0.845. The summed E-state index contributed by atoms with van der Waals surface area (Å²) in [4.78, 5) is 19.9. The third kappa shape index (κ3) is 2.44. The molecule has 4 atom stereocenters. The Bertz CT molecular complexity index is 652. The Kier molecular flexibility index (Phi) is 3.46. The van der Waals surface area contributed by atoms with E-state index in [4.69, 9.17) is 0 Å². The third-order valence-electron chi connectivity index (χ3n) is 5.38. The van der Waals surface area contributed by atoms with E-state index in [1.54, 1.807) is 11.3 Å². The first-order valence-corrected chi connectivity index (χ1v) is 8.83. The maximum Gasteiger partial charge on any atom is 0.228 e. The summed E-state index contributed by atoms with van der Waals surface area (Å²) >= 11 is 1.58. The van der Waals surface area contributed by atoms with Gasteiger partial charge < -0.3 is 10.0 Å². The molecule has 2 fully saturated rings. The van der Waals surface area contributed by atoms with Crippen molar-refractivity contribution in [2.24, 2.45) is 11.8 Å². The highest BCUT2D eigenvalue weighted by Gasteiger charge is 2.43. The number of aliphatic hydroxyl groups is 1. The summed E-state index contributed by atoms with van der Waals surface area (Å²) in [5.74, 6) is 1.36. The van der Waals surface area contributed by atoms with Gasteiger partial charge in [0.25, 0.3) is 0 Å². The van der Waals surface area contributed by atoms with Gasteiger partial charge >= 0.3 is 0 Å². The van der Waals surface area contributed by atoms with Crippen molar-refractivity contribution >= 4 is 22.2 Å². The van der Waals surface area contributed by atoms with Gasteiger partial charge in [-0.3, -0.25) is 9.20 Å². The molecule has 0 saturated heterocycles. The molecule has 1 amide bonds. The SMILES string of the molecule is CN(C(=O)Cc1cn2ccsc2n1)C1C[C@H]2CC(O)C[C@H]2C1. The van der Waals surface area contributed by atoms with Crippen LogP contribution in [-0.2, 0) is 11.2 Å². The Labute approximate surface area is 133 Å². The largest absolute Gasteiger partial charge is 0.393 e. The molecule has 2 unspecified atom stereocenters. The molecule has 2 aromatic rings. The lowest BCUT2D eigenvalue weighted by atomic mass is 10.0. The fraction of sp³-hybridized carbons (Fsp3) is 0.625. The minimum Gasteiger partial charge on any atom is -0.393 e. The molecule has 2 aliphatic rings. The monoisotopic (exact) mass is 319 g/mol. The number of fused-ring (bicyclic) bond motifs is 2. The van der Waals surface area contributed by atoms with E-state index in [9.17, 15) is 9.90 Å². The lowest BCUT2D eigenvalue weighted by Crippen LogP contribution is -2.37. The number of nitrogens with zero attached hydrogens (tertiary/aromatic N) is 3. The Morgan fingerprint density at radius 2 is 2.14 bits per heavy atom. The van der Waals surface area contributed by atoms with E-state index in [-0.39, 0.29) is 12.0 Å². The van der Waals surface area contributed by atoms with Gasteiger partial charge in [-0.25, -0.2) is 4.98 Å². The van der Waals surface area contributed by atoms with Gasteiger partial charge in [-0.15, -0.1) is 11.3 Å². The molecule has 22 heavy (non-hydrogen) atoms. The predicted molar refractivity (Wildman–Crippen MR) is 84.8 cm³/mol. The number of thiazole rings is 1. The molecule has 2 aliphatic carbocycles. The van der Waals surface area contributed by atoms with Crippen LogP contribution in [0, 0.1) is 11.8 Å². The Morgan fingerprint density at radius 3 is 2.82 bits per heavy atom. The second-order valence-corrected chi connectivity index (χ2v) is 7.65. The van der Waals surface area contributed by atoms with Crippen LogP contribution in [-0.4, -0.2) is 44.5 Å². The number of carbonyl (C=O) groups is 1. The second kappa shape index (κ2) is 5.35. The summed E-state index contributed by atoms with van der Waals surface area (Å²) in [5, 5.41) is 11.7. The lowest BCUT2D eigenvalue weighted by molar-refractivity contribution is -0.131. The number of aliphatic hydroxyl groups excluding tert-OH is 1. The van der Waals surface area contributed by atoms with Crippen molar-refractivity contribution < 1.29 is 9.90 Å². The van der Waals surface area contributed by atoms with Crippen molar-refractivity contribution in [3.63, 3.8) is 0 Å². The molecule has 2 saturated carbocycles. The van der Waals surface area contributed by atoms with Crippen LogP contribution in [0.25, 0.3) is 4.96 Å². The van der Waals surface area contributed by atoms with Crippen molar-refractivity contribution in [1.29, 1.82) is 0 Å². The van der Waals surface area contributed by atoms with Gasteiger partial charge in [0, 0.05) is 30.9 Å². The number of imidazole rings is 1. The standard InChI is InChI=1S/C16H21N3O2S/c1-18(13-4-10-6-14(20)7-11(10)5-13)15(21)8-12-9-19-2-3-22-16(19)17-12/h2-3,9-11,13-14,20H,4-8H2,1H3/t10-,11+,13?,14?. The maximum absolute atomic E-state index is 12.5. The van der Waals surface area contributed by atoms with Crippen molar-refractivity contribution in [1.82, 2.24) is 14.3 Å². The van der Waals surface area contributed by atoms with Crippen molar-refractivity contribution in [2.75, 3.05) is 7.05 Å². The normalized spacial score (nSPS) is 30.8. The summed E-state index contributed by atoms with van der Waals surface area (Å²) in [6.07, 6.45) is 8.09. The number of likely N-dealkylation sites (N-methyl/N-ethyl adjacent to an activating group) is 1. The van der Waals surface area contributed by atoms with Crippen molar-refractivity contribution in [2.45, 2.75) is 44.2 Å². The molecule has 1 N–H and O–H groups in total. The van der Waals surface area contributed by atoms with Gasteiger partial charge in [-0.2, -0.15) is 0 Å². The quantitative estimate of drug-likeness (QED) is 0.941. The van der Waals surface area contributed by atoms with Crippen LogP contribution in [0.3, 0.4) is 0 Å². The van der Waals surface area contributed by atoms with E-state index in [0.717, 1.165) is 36.3 Å². The number of aromatic nitrogens is 2. The van der Waals surface area contributed by atoms with Gasteiger partial charge in [0.1, 0.15) is 0 Å². The number of rotatable bonds is 3. The number of hydrogen-bond acceptors (Lipinski definition) is 4. The number of amides is 1. The summed E-state index contributed by atoms with van der Waals surface area (Å²) in [6, 6.07) is 0.332. The molecule has 5 nitrogen and oxygen atoms in total. The molecule has 4 rings (SSSR count). The van der Waals surface area contributed by atoms with Crippen LogP contribution >= 0.6 is 11.3 Å². The van der Waals surface area contributed by atoms with Crippen LogP contribution in [0.2, 0.25) is 0 Å². The smallest absolute Gasteiger partial charge is 0.228 e. The predicted octanol–water partition coefficient (Wildman–Crippen LogP) is 1.95. The fourth-order valence-corrected chi connectivity index (χ4v) is 4.93. The van der Waals surface area contributed by atoms with E-state index in [0.29, 0.717) is 24.3 Å². The molecule has 0 aromatic carbocycles. The second-order valence-electron chi connectivity index (χ2n) is 6.78. The summed E-state index contributed by atoms with van der Waals surface area (Å²) in [7, 11) is 1.92. The van der Waals surface area contributed by atoms with E-state index >= 15 is 0 Å². The van der Waals surface area contributed by atoms with Crippen molar-refractivity contribution in [3.05, 3.63) is 23.5 Å². The average molecular weight is 319 g/mol. The van der Waals surface area contributed by atoms with Gasteiger partial charge in [0.05, 0.1) is 18.2 Å². The van der Waals surface area contributed by atoms with Crippen LogP contribution in [0.15, 0.2) is 17.8 Å². The third-order valence-corrected chi connectivity index (χ3v) is 6.15. The van der Waals surface area contributed by atoms with E-state index in [2.05, 4.69) is 4.98 Å². The molecule has 118 valence electrons. The van der Waals surface area contributed by atoms with Crippen LogP contribution < -0.4 is 0 Å². The van der Waals surface area contributed by atoms with Gasteiger partial charge in [0.2, 0.25) is 5.91 Å². The Morgan fingerprint density at radius 1 is 1.41 bits per heavy atom. The number of hydrogen-bond donors (Lipinski definition) is 1. The molecule has 0 spiro atoms. The van der Waals surface area contributed by atoms with Gasteiger partial charge in [-0.1, -0.05) is 0 Å². The zero-order chi connectivity index (χ0) is 15.3. The molecular formula is C16H21N3O2S. The highest BCUT2D eigenvalue weighted by Crippen LogP contribution is 2.45. The van der Waals surface area contributed by atoms with Gasteiger partial charge in [0.15, 0.2) is 4.96 Å². The van der Waals surface area contributed by atoms with E-state index < -0.39 is 0 Å². The Balaban J connectivity index is 1.39. The molecule has 0 bridgehead atoms. The first-order valence-electron chi connectivity index (χ1n) is 7.95. The molecule has 2 aromatic heterocycles. The minimum absolute atomic E-state index is 0.115. The Hall–Kier alpha value is -1.40. The fourth-order valence-electron chi connectivity index (χ4n) is 4.21. The van der Waals surface area contributed by atoms with E-state index in [1.807, 2.05) is 34.1 Å². The average Bonchev–Trinajstić information content (AvgIpc) is 3.16. The molecule has 0 aliphatic heterocycles. The van der Waals surface area contributed by atoms with Crippen molar-refractivity contribution in [3.8, 4) is 0 Å². The van der Waals surface area contributed by atoms with E-state index in [1.165, 1.54) is 0 Å². The molecular weight excluding hydrogens is 298 g/mol. The highest BCUT2D eigenvalue weighted by atomic mass is 32.1. The maximum atomic E-state index is 12.5. The summed E-state index contributed by atoms with van der Waals surface area (Å²) in [6.45, 7) is 0. The lowest BCUT2D eigenvalue weighted by Gasteiger charge is -2.25. The van der Waals surface area contributed by atoms with Crippen LogP contribution in [0.5, 0.6) is 0 Å². The van der Waals surface area contributed by atoms with Gasteiger partial charge in [-0.05, 0) is 37.5 Å². The van der Waals surface area contributed by atoms with Crippen LogP contribution in [0.4, 0.5) is 0 Å². The highest BCUT2D eigenvalue weighted by molar-refractivity contribution is 7.15. The molecule has 0 radical (unpaired) electrons. The zero-order valence-electron chi connectivity index (χ0n) is 12.7. The van der Waals surface area contributed by atoms with Crippen LogP contribution in [0.1, 0.15) is 31.4 Å². The number of carbonyl (C=O) groups excluding carboxylic acids is 1. The molecule has 2 heterocycles. The zero-order valence-corrected chi connectivity index (χ0v) is 13.5. The molecule has 6 heteroatoms. The minimum atomic E-state index is -0.115.